The quantitative estimate of drug-likeness (QED) is 0.859. The molecule has 7 heteroatoms. The predicted octanol–water partition coefficient (Wildman–Crippen LogP) is 0.794. The summed E-state index contributed by atoms with van der Waals surface area (Å²) >= 11 is 0. The van der Waals surface area contributed by atoms with Gasteiger partial charge in [0, 0.05) is 19.3 Å². The molecule has 2 rings (SSSR count). The van der Waals surface area contributed by atoms with E-state index in [2.05, 4.69) is 20.1 Å². The summed E-state index contributed by atoms with van der Waals surface area (Å²) in [5.41, 5.74) is 6.62. The fourth-order valence-electron chi connectivity index (χ4n) is 1.65. The third-order valence-electron chi connectivity index (χ3n) is 2.60. The Morgan fingerprint density at radius 2 is 1.94 bits per heavy atom. The second-order valence-electron chi connectivity index (χ2n) is 3.87. The van der Waals surface area contributed by atoms with Crippen molar-refractivity contribution in [1.82, 2.24) is 24.7 Å². The minimum Gasteiger partial charge on any atom is -0.368 e. The van der Waals surface area contributed by atoms with Gasteiger partial charge in [0.15, 0.2) is 0 Å². The zero-order valence-electron chi connectivity index (χ0n) is 10.8. The van der Waals surface area contributed by atoms with Crippen molar-refractivity contribution in [2.24, 2.45) is 0 Å². The molecule has 2 aromatic rings. The molecule has 2 heterocycles. The van der Waals surface area contributed by atoms with Gasteiger partial charge in [-0.2, -0.15) is 20.1 Å². The molecule has 0 aromatic carbocycles. The number of anilines is 2. The minimum absolute atomic E-state index is 0.204. The molecular weight excluding hydrogens is 230 g/mol. The van der Waals surface area contributed by atoms with Gasteiger partial charge in [0.1, 0.15) is 0 Å². The molecule has 0 saturated carbocycles. The Morgan fingerprint density at radius 3 is 2.50 bits per heavy atom. The Hall–Kier alpha value is -2.18. The minimum atomic E-state index is 0.204. The fourth-order valence-corrected chi connectivity index (χ4v) is 1.65. The van der Waals surface area contributed by atoms with Crippen LogP contribution in [0.4, 0.5) is 11.9 Å². The highest BCUT2D eigenvalue weighted by molar-refractivity contribution is 5.37. The Bertz CT molecular complexity index is 530. The Labute approximate surface area is 106 Å². The Kier molecular flexibility index (Phi) is 3.40. The van der Waals surface area contributed by atoms with Crippen molar-refractivity contribution in [2.45, 2.75) is 20.8 Å². The van der Waals surface area contributed by atoms with Gasteiger partial charge in [0.25, 0.3) is 5.95 Å². The Balaban J connectivity index is 2.43. The molecule has 0 radical (unpaired) electrons. The van der Waals surface area contributed by atoms with Crippen molar-refractivity contribution in [3.8, 4) is 5.95 Å². The van der Waals surface area contributed by atoms with E-state index in [1.807, 2.05) is 31.7 Å². The smallest absolute Gasteiger partial charge is 0.257 e. The maximum absolute atomic E-state index is 5.72. The molecule has 0 fully saturated rings. The van der Waals surface area contributed by atoms with Crippen LogP contribution in [0, 0.1) is 6.92 Å². The SMILES string of the molecule is CCN(CC)c1nc(N)nc(-n2ccc(C)n2)n1. The molecule has 0 bridgehead atoms. The molecule has 0 atom stereocenters. The molecule has 0 aliphatic carbocycles. The molecule has 96 valence electrons. The first-order chi connectivity index (χ1) is 8.63. The fraction of sp³-hybridized carbons (Fsp3) is 0.455. The molecule has 0 amide bonds. The third-order valence-corrected chi connectivity index (χ3v) is 2.60. The van der Waals surface area contributed by atoms with Gasteiger partial charge in [-0.05, 0) is 26.8 Å². The molecule has 2 aromatic heterocycles. The highest BCUT2D eigenvalue weighted by atomic mass is 15.4. The summed E-state index contributed by atoms with van der Waals surface area (Å²) in [7, 11) is 0. The summed E-state index contributed by atoms with van der Waals surface area (Å²) in [5.74, 6) is 1.23. The zero-order valence-corrected chi connectivity index (χ0v) is 10.8. The summed E-state index contributed by atoms with van der Waals surface area (Å²) in [6.07, 6.45) is 1.80. The summed E-state index contributed by atoms with van der Waals surface area (Å²) in [6, 6.07) is 1.89. The van der Waals surface area contributed by atoms with E-state index in [0.717, 1.165) is 18.8 Å². The van der Waals surface area contributed by atoms with E-state index >= 15 is 0 Å². The van der Waals surface area contributed by atoms with Crippen LogP contribution < -0.4 is 10.6 Å². The molecule has 0 aliphatic heterocycles. The molecule has 0 unspecified atom stereocenters. The summed E-state index contributed by atoms with van der Waals surface area (Å²) < 4.78 is 1.60. The number of aromatic nitrogens is 5. The molecule has 2 N–H and O–H groups in total. The van der Waals surface area contributed by atoms with E-state index in [1.54, 1.807) is 10.9 Å². The van der Waals surface area contributed by atoms with Gasteiger partial charge in [-0.3, -0.25) is 0 Å². The highest BCUT2D eigenvalue weighted by Gasteiger charge is 2.11. The van der Waals surface area contributed by atoms with Crippen LogP contribution in [0.15, 0.2) is 12.3 Å². The van der Waals surface area contributed by atoms with Gasteiger partial charge in [-0.1, -0.05) is 0 Å². The van der Waals surface area contributed by atoms with Crippen molar-refractivity contribution >= 4 is 11.9 Å². The second-order valence-corrected chi connectivity index (χ2v) is 3.87. The van der Waals surface area contributed by atoms with Crippen LogP contribution >= 0.6 is 0 Å². The van der Waals surface area contributed by atoms with E-state index in [1.165, 1.54) is 0 Å². The van der Waals surface area contributed by atoms with Crippen LogP contribution in [0.25, 0.3) is 5.95 Å². The van der Waals surface area contributed by atoms with Crippen molar-refractivity contribution in [3.05, 3.63) is 18.0 Å². The maximum Gasteiger partial charge on any atom is 0.257 e. The summed E-state index contributed by atoms with van der Waals surface area (Å²) in [6.45, 7) is 7.63. The number of nitrogen functional groups attached to an aromatic ring is 1. The normalized spacial score (nSPS) is 10.6. The van der Waals surface area contributed by atoms with Gasteiger partial charge in [-0.15, -0.1) is 0 Å². The zero-order chi connectivity index (χ0) is 13.1. The lowest BCUT2D eigenvalue weighted by Crippen LogP contribution is -2.25. The van der Waals surface area contributed by atoms with Crippen molar-refractivity contribution in [1.29, 1.82) is 0 Å². The van der Waals surface area contributed by atoms with Crippen molar-refractivity contribution in [2.75, 3.05) is 23.7 Å². The summed E-state index contributed by atoms with van der Waals surface area (Å²) in [4.78, 5) is 14.6. The first-order valence-electron chi connectivity index (χ1n) is 5.93. The van der Waals surface area contributed by atoms with Crippen LogP contribution in [-0.2, 0) is 0 Å². The molecule has 18 heavy (non-hydrogen) atoms. The van der Waals surface area contributed by atoms with Crippen LogP contribution in [0.5, 0.6) is 0 Å². The van der Waals surface area contributed by atoms with Gasteiger partial charge >= 0.3 is 0 Å². The number of nitrogens with zero attached hydrogens (tertiary/aromatic N) is 6. The first-order valence-corrected chi connectivity index (χ1v) is 5.93. The maximum atomic E-state index is 5.72. The molecule has 0 saturated heterocycles. The topological polar surface area (TPSA) is 85.8 Å². The van der Waals surface area contributed by atoms with E-state index in [0.29, 0.717) is 11.9 Å². The van der Waals surface area contributed by atoms with Gasteiger partial charge in [0.2, 0.25) is 11.9 Å². The number of rotatable bonds is 4. The lowest BCUT2D eigenvalue weighted by Gasteiger charge is -2.18. The number of aryl methyl sites for hydroxylation is 1. The number of hydrogen-bond acceptors (Lipinski definition) is 6. The average Bonchev–Trinajstić information content (AvgIpc) is 2.77. The molecule has 0 aliphatic rings. The lowest BCUT2D eigenvalue weighted by molar-refractivity contribution is 0.759. The van der Waals surface area contributed by atoms with E-state index < -0.39 is 0 Å². The van der Waals surface area contributed by atoms with Gasteiger partial charge in [-0.25, -0.2) is 4.68 Å². The monoisotopic (exact) mass is 247 g/mol. The number of hydrogen-bond donors (Lipinski definition) is 1. The van der Waals surface area contributed by atoms with Gasteiger partial charge < -0.3 is 10.6 Å². The molecule has 7 nitrogen and oxygen atoms in total. The van der Waals surface area contributed by atoms with Crippen LogP contribution in [-0.4, -0.2) is 37.8 Å². The second kappa shape index (κ2) is 4.99. The highest BCUT2D eigenvalue weighted by Crippen LogP contribution is 2.11. The molecule has 0 spiro atoms. The number of nitrogens with two attached hydrogens (primary N) is 1. The van der Waals surface area contributed by atoms with E-state index in [-0.39, 0.29) is 5.95 Å². The van der Waals surface area contributed by atoms with E-state index in [4.69, 9.17) is 5.73 Å². The van der Waals surface area contributed by atoms with Crippen molar-refractivity contribution < 1.29 is 0 Å². The van der Waals surface area contributed by atoms with Crippen LogP contribution in [0.2, 0.25) is 0 Å². The first kappa shape index (κ1) is 12.3. The Morgan fingerprint density at radius 1 is 1.22 bits per heavy atom. The summed E-state index contributed by atoms with van der Waals surface area (Å²) in [5, 5.41) is 4.26. The van der Waals surface area contributed by atoms with Crippen LogP contribution in [0.3, 0.4) is 0 Å². The molecular formula is C11H17N7. The lowest BCUT2D eigenvalue weighted by atomic mass is 10.5. The van der Waals surface area contributed by atoms with Gasteiger partial charge in [0.05, 0.1) is 5.69 Å². The third kappa shape index (κ3) is 2.39. The van der Waals surface area contributed by atoms with Crippen LogP contribution in [0.1, 0.15) is 19.5 Å². The largest absolute Gasteiger partial charge is 0.368 e. The average molecular weight is 247 g/mol. The predicted molar refractivity (Wildman–Crippen MR) is 69.7 cm³/mol. The van der Waals surface area contributed by atoms with Crippen molar-refractivity contribution in [3.63, 3.8) is 0 Å². The van der Waals surface area contributed by atoms with E-state index in [9.17, 15) is 0 Å². The standard InChI is InChI=1S/C11H17N7/c1-4-17(5-2)10-13-9(12)14-11(15-10)18-7-6-8(3)16-18/h6-7H,4-5H2,1-3H3,(H2,12,13,14,15).